The highest BCUT2D eigenvalue weighted by atomic mass is 32.1. The van der Waals surface area contributed by atoms with E-state index in [0.29, 0.717) is 6.04 Å². The van der Waals surface area contributed by atoms with Crippen LogP contribution in [0.5, 0.6) is 0 Å². The van der Waals surface area contributed by atoms with Crippen molar-refractivity contribution < 1.29 is 4.79 Å². The van der Waals surface area contributed by atoms with Crippen molar-refractivity contribution in [3.63, 3.8) is 0 Å². The van der Waals surface area contributed by atoms with E-state index in [2.05, 4.69) is 17.4 Å². The van der Waals surface area contributed by atoms with Crippen molar-refractivity contribution in [1.82, 2.24) is 5.32 Å². The van der Waals surface area contributed by atoms with Gasteiger partial charge >= 0.3 is 0 Å². The van der Waals surface area contributed by atoms with Gasteiger partial charge in [0.05, 0.1) is 4.88 Å². The van der Waals surface area contributed by atoms with E-state index in [1.807, 2.05) is 18.2 Å². The van der Waals surface area contributed by atoms with Crippen LogP contribution in [0.15, 0.2) is 30.3 Å². The lowest BCUT2D eigenvalue weighted by atomic mass is 10.1. The van der Waals surface area contributed by atoms with Crippen molar-refractivity contribution in [2.45, 2.75) is 44.6 Å². The Labute approximate surface area is 117 Å². The van der Waals surface area contributed by atoms with Crippen LogP contribution in [-0.2, 0) is 0 Å². The van der Waals surface area contributed by atoms with Crippen LogP contribution in [0.25, 0.3) is 10.1 Å². The molecule has 3 heteroatoms. The summed E-state index contributed by atoms with van der Waals surface area (Å²) in [4.78, 5) is 13.1. The van der Waals surface area contributed by atoms with Crippen molar-refractivity contribution in [3.05, 3.63) is 35.2 Å². The van der Waals surface area contributed by atoms with Crippen LogP contribution < -0.4 is 5.32 Å². The molecule has 1 fully saturated rings. The molecule has 0 unspecified atom stereocenters. The lowest BCUT2D eigenvalue weighted by Gasteiger charge is -2.15. The predicted molar refractivity (Wildman–Crippen MR) is 80.8 cm³/mol. The highest BCUT2D eigenvalue weighted by Gasteiger charge is 2.17. The molecule has 0 spiro atoms. The summed E-state index contributed by atoms with van der Waals surface area (Å²) >= 11 is 1.59. The summed E-state index contributed by atoms with van der Waals surface area (Å²) in [5.41, 5.74) is 0. The van der Waals surface area contributed by atoms with E-state index in [1.54, 1.807) is 11.3 Å². The quantitative estimate of drug-likeness (QED) is 0.810. The van der Waals surface area contributed by atoms with Crippen molar-refractivity contribution in [1.29, 1.82) is 0 Å². The van der Waals surface area contributed by atoms with E-state index in [4.69, 9.17) is 0 Å². The maximum atomic E-state index is 12.3. The lowest BCUT2D eigenvalue weighted by molar-refractivity contribution is 0.0937. The normalized spacial score (nSPS) is 17.3. The van der Waals surface area contributed by atoms with Crippen LogP contribution in [0.4, 0.5) is 0 Å². The monoisotopic (exact) mass is 273 g/mol. The van der Waals surface area contributed by atoms with E-state index >= 15 is 0 Å². The number of hydrogen-bond acceptors (Lipinski definition) is 2. The minimum absolute atomic E-state index is 0.105. The largest absolute Gasteiger partial charge is 0.349 e. The molecule has 100 valence electrons. The Morgan fingerprint density at radius 3 is 2.58 bits per heavy atom. The van der Waals surface area contributed by atoms with E-state index < -0.39 is 0 Å². The van der Waals surface area contributed by atoms with E-state index in [9.17, 15) is 4.79 Å². The second-order valence-corrected chi connectivity index (χ2v) is 6.39. The van der Waals surface area contributed by atoms with Gasteiger partial charge in [-0.1, -0.05) is 43.9 Å². The zero-order valence-corrected chi connectivity index (χ0v) is 11.8. The number of benzene rings is 1. The minimum atomic E-state index is 0.105. The summed E-state index contributed by atoms with van der Waals surface area (Å²) in [6.07, 6.45) is 7.40. The zero-order chi connectivity index (χ0) is 13.1. The number of carbonyl (C=O) groups is 1. The number of nitrogens with one attached hydrogen (secondary N) is 1. The van der Waals surface area contributed by atoms with E-state index in [1.165, 1.54) is 35.8 Å². The van der Waals surface area contributed by atoms with Gasteiger partial charge in [-0.05, 0) is 30.4 Å². The van der Waals surface area contributed by atoms with Gasteiger partial charge < -0.3 is 5.32 Å². The second-order valence-electron chi connectivity index (χ2n) is 5.31. The van der Waals surface area contributed by atoms with Gasteiger partial charge in [-0.15, -0.1) is 11.3 Å². The fraction of sp³-hybridized carbons (Fsp3) is 0.438. The molecule has 0 bridgehead atoms. The predicted octanol–water partition coefficient (Wildman–Crippen LogP) is 4.35. The zero-order valence-electron chi connectivity index (χ0n) is 11.0. The Bertz CT molecular complexity index is 534. The first-order valence-electron chi connectivity index (χ1n) is 7.12. The number of amides is 1. The first kappa shape index (κ1) is 12.7. The number of carbonyl (C=O) groups excluding carboxylic acids is 1. The molecule has 1 N–H and O–H groups in total. The fourth-order valence-electron chi connectivity index (χ4n) is 2.77. The number of thiophene rings is 1. The molecule has 1 aromatic heterocycles. The average molecular weight is 273 g/mol. The maximum absolute atomic E-state index is 12.3. The van der Waals surface area contributed by atoms with E-state index in [-0.39, 0.29) is 5.91 Å². The molecule has 1 aromatic carbocycles. The van der Waals surface area contributed by atoms with Crippen molar-refractivity contribution in [2.75, 3.05) is 0 Å². The topological polar surface area (TPSA) is 29.1 Å². The molecular formula is C16H19NOS. The molecule has 19 heavy (non-hydrogen) atoms. The molecule has 1 aliphatic carbocycles. The van der Waals surface area contributed by atoms with Crippen LogP contribution in [0, 0.1) is 0 Å². The van der Waals surface area contributed by atoms with Gasteiger partial charge in [0.15, 0.2) is 0 Å². The van der Waals surface area contributed by atoms with Gasteiger partial charge in [0.2, 0.25) is 0 Å². The molecule has 0 radical (unpaired) electrons. The van der Waals surface area contributed by atoms with Crippen LogP contribution in [0.2, 0.25) is 0 Å². The molecule has 0 saturated heterocycles. The Morgan fingerprint density at radius 2 is 1.84 bits per heavy atom. The fourth-order valence-corrected chi connectivity index (χ4v) is 3.74. The van der Waals surface area contributed by atoms with E-state index in [0.717, 1.165) is 17.7 Å². The highest BCUT2D eigenvalue weighted by molar-refractivity contribution is 7.20. The molecule has 3 rings (SSSR count). The molecule has 1 amide bonds. The van der Waals surface area contributed by atoms with Gasteiger partial charge in [-0.3, -0.25) is 4.79 Å². The molecule has 1 saturated carbocycles. The third-order valence-corrected chi connectivity index (χ3v) is 4.95. The summed E-state index contributed by atoms with van der Waals surface area (Å²) in [6, 6.07) is 10.6. The standard InChI is InChI=1S/C16H19NOS/c18-16(17-13-8-3-1-2-4-9-13)15-11-12-7-5-6-10-14(12)19-15/h5-7,10-11,13H,1-4,8-9H2,(H,17,18). The summed E-state index contributed by atoms with van der Waals surface area (Å²) < 4.78 is 1.19. The van der Waals surface area contributed by atoms with Crippen molar-refractivity contribution >= 4 is 27.3 Å². The molecule has 0 atom stereocenters. The summed E-state index contributed by atoms with van der Waals surface area (Å²) in [5.74, 6) is 0.105. The summed E-state index contributed by atoms with van der Waals surface area (Å²) in [5, 5.41) is 4.37. The molecule has 0 aliphatic heterocycles. The van der Waals surface area contributed by atoms with Crippen molar-refractivity contribution in [3.8, 4) is 0 Å². The minimum Gasteiger partial charge on any atom is -0.349 e. The first-order chi connectivity index (χ1) is 9.33. The first-order valence-corrected chi connectivity index (χ1v) is 7.94. The second kappa shape index (κ2) is 5.74. The Balaban J connectivity index is 1.72. The SMILES string of the molecule is O=C(NC1CCCCCC1)c1cc2ccccc2s1. The maximum Gasteiger partial charge on any atom is 0.261 e. The van der Waals surface area contributed by atoms with Gasteiger partial charge in [0.1, 0.15) is 0 Å². The molecule has 2 nitrogen and oxygen atoms in total. The molecular weight excluding hydrogens is 254 g/mol. The lowest BCUT2D eigenvalue weighted by Crippen LogP contribution is -2.33. The third kappa shape index (κ3) is 2.98. The number of fused-ring (bicyclic) bond motifs is 1. The third-order valence-electron chi connectivity index (χ3n) is 3.84. The van der Waals surface area contributed by atoms with Crippen molar-refractivity contribution in [2.24, 2.45) is 0 Å². The van der Waals surface area contributed by atoms with Gasteiger partial charge in [-0.25, -0.2) is 0 Å². The average Bonchev–Trinajstić information content (AvgIpc) is 2.70. The molecule has 1 aliphatic rings. The van der Waals surface area contributed by atoms with Gasteiger partial charge in [0, 0.05) is 10.7 Å². The van der Waals surface area contributed by atoms with Crippen LogP contribution in [0.1, 0.15) is 48.2 Å². The Morgan fingerprint density at radius 1 is 1.11 bits per heavy atom. The van der Waals surface area contributed by atoms with Gasteiger partial charge in [0.25, 0.3) is 5.91 Å². The summed E-state index contributed by atoms with van der Waals surface area (Å²) in [6.45, 7) is 0. The van der Waals surface area contributed by atoms with Crippen LogP contribution in [-0.4, -0.2) is 11.9 Å². The number of hydrogen-bond donors (Lipinski definition) is 1. The molecule has 2 aromatic rings. The van der Waals surface area contributed by atoms with Crippen LogP contribution in [0.3, 0.4) is 0 Å². The highest BCUT2D eigenvalue weighted by Crippen LogP contribution is 2.25. The van der Waals surface area contributed by atoms with Crippen LogP contribution >= 0.6 is 11.3 Å². The molecule has 1 heterocycles. The Hall–Kier alpha value is -1.35. The Kier molecular flexibility index (Phi) is 3.83. The number of rotatable bonds is 2. The smallest absolute Gasteiger partial charge is 0.261 e. The summed E-state index contributed by atoms with van der Waals surface area (Å²) in [7, 11) is 0. The van der Waals surface area contributed by atoms with Gasteiger partial charge in [-0.2, -0.15) is 0 Å².